The van der Waals surface area contributed by atoms with Gasteiger partial charge in [-0.3, -0.25) is 14.4 Å². The maximum atomic E-state index is 14.1. The summed E-state index contributed by atoms with van der Waals surface area (Å²) in [4.78, 5) is 66.8. The first-order chi connectivity index (χ1) is 26.6. The Bertz CT molecular complexity index is 1760. The number of methoxy groups -OCH3 is 1. The van der Waals surface area contributed by atoms with Crippen LogP contribution in [0.5, 0.6) is 0 Å². The minimum Gasteiger partial charge on any atom is -0.472 e. The third-order valence-corrected chi connectivity index (χ3v) is 13.6. The molecule has 316 valence electrons. The van der Waals surface area contributed by atoms with Gasteiger partial charge in [-0.25, -0.2) is 9.59 Å². The maximum Gasteiger partial charge on any atom is 0.335 e. The van der Waals surface area contributed by atoms with Crippen LogP contribution in [0, 0.1) is 28.6 Å². The summed E-state index contributed by atoms with van der Waals surface area (Å²) in [6.45, 7) is 16.9. The predicted octanol–water partition coefficient (Wildman–Crippen LogP) is 3.40. The fraction of sp³-hybridized carbons (Fsp3) is 0.683. The Hall–Kier alpha value is -4.09. The number of hydrogen-bond acceptors (Lipinski definition) is 16. The molecule has 0 amide bonds. The van der Waals surface area contributed by atoms with E-state index in [2.05, 4.69) is 6.58 Å². The second-order valence-electron chi connectivity index (χ2n) is 16.6. The standard InChI is InChI=1S/C41H56O16/c1-11-21(3)32(45)36(47)56-34-33(52-20-42)31(38(8)27(16-30(44)50-10)37(7)19-53-40(48,57-37)17-29(38)54-24(6)43)23(5)41(49)28(55-35(46)22(4)12-2)15-26(39(34,41)9)25-13-14-51-18-25/h12-14,18,20-21,26-29,31-34,45,48-49H,5,11,15-17,19H2,1-4,6-10H3/b22-12+/t21-,26-,27+,28+,29?,31-,32-,33-,34-,37-,38-,39-,40+,41-/m0/s1. The van der Waals surface area contributed by atoms with Crippen LogP contribution in [0.3, 0.4) is 0 Å². The molecule has 2 bridgehead atoms. The number of fused-ring (bicyclic) bond motifs is 3. The second-order valence-corrected chi connectivity index (χ2v) is 16.6. The van der Waals surface area contributed by atoms with Crippen LogP contribution in [-0.2, 0) is 57.1 Å². The van der Waals surface area contributed by atoms with E-state index in [0.29, 0.717) is 12.0 Å². The normalized spacial score (nSPS) is 39.9. The van der Waals surface area contributed by atoms with E-state index in [4.69, 9.17) is 37.6 Å². The molecule has 3 N–H and O–H groups in total. The number of esters is 4. The highest BCUT2D eigenvalue weighted by Gasteiger charge is 2.79. The van der Waals surface area contributed by atoms with Gasteiger partial charge >= 0.3 is 23.9 Å². The minimum atomic E-state index is -2.36. The van der Waals surface area contributed by atoms with Gasteiger partial charge in [0.05, 0.1) is 50.1 Å². The first kappa shape index (κ1) is 44.0. The SMILES string of the molecule is C=C1[C@H]([C@]2(C)C(OC(C)=O)C[C@@]3(O)OC[C@](C)(O3)[C@H]2CC(=O)OC)[C@H](OC=O)[C@H](OC(=O)[C@@H](O)[C@@H](C)CC)[C@]2(C)[C@H](c3ccoc3)C[C@@H](OC(=O)/C(C)=C/C)[C@@]12O. The van der Waals surface area contributed by atoms with Gasteiger partial charge in [0.2, 0.25) is 0 Å². The summed E-state index contributed by atoms with van der Waals surface area (Å²) in [6, 6.07) is 1.64. The van der Waals surface area contributed by atoms with E-state index in [1.54, 1.807) is 47.6 Å². The van der Waals surface area contributed by atoms with Crippen molar-refractivity contribution in [2.45, 2.75) is 135 Å². The third kappa shape index (κ3) is 7.10. The number of rotatable bonds is 13. The van der Waals surface area contributed by atoms with E-state index in [0.717, 1.165) is 6.92 Å². The van der Waals surface area contributed by atoms with Gasteiger partial charge in [0.1, 0.15) is 30.0 Å². The van der Waals surface area contributed by atoms with Gasteiger partial charge in [0.15, 0.2) is 6.10 Å². The largest absolute Gasteiger partial charge is 0.472 e. The molecule has 0 aromatic carbocycles. The molecule has 2 saturated carbocycles. The highest BCUT2D eigenvalue weighted by molar-refractivity contribution is 5.88. The predicted molar refractivity (Wildman–Crippen MR) is 196 cm³/mol. The topological polar surface area (TPSA) is 224 Å². The average molecular weight is 805 g/mol. The molecule has 3 heterocycles. The van der Waals surface area contributed by atoms with Gasteiger partial charge in [-0.05, 0) is 50.3 Å². The molecule has 2 saturated heterocycles. The molecule has 1 aromatic rings. The fourth-order valence-electron chi connectivity index (χ4n) is 10.1. The van der Waals surface area contributed by atoms with E-state index in [1.165, 1.54) is 32.6 Å². The summed E-state index contributed by atoms with van der Waals surface area (Å²) in [7, 11) is 1.18. The van der Waals surface area contributed by atoms with Crippen LogP contribution in [0.4, 0.5) is 0 Å². The van der Waals surface area contributed by atoms with Crippen molar-refractivity contribution in [1.29, 1.82) is 0 Å². The van der Waals surface area contributed by atoms with Crippen LogP contribution in [-0.4, -0.2) is 107 Å². The van der Waals surface area contributed by atoms with Gasteiger partial charge in [-0.15, -0.1) is 0 Å². The summed E-state index contributed by atoms with van der Waals surface area (Å²) in [5.41, 5.74) is -6.76. The zero-order valence-corrected chi connectivity index (χ0v) is 34.0. The van der Waals surface area contributed by atoms with E-state index >= 15 is 0 Å². The van der Waals surface area contributed by atoms with E-state index in [9.17, 15) is 39.3 Å². The Kier molecular flexibility index (Phi) is 12.3. The number of hydrogen-bond donors (Lipinski definition) is 3. The lowest BCUT2D eigenvalue weighted by Gasteiger charge is -2.62. The minimum absolute atomic E-state index is 0.0825. The summed E-state index contributed by atoms with van der Waals surface area (Å²) >= 11 is 0. The van der Waals surface area contributed by atoms with E-state index in [1.807, 2.05) is 0 Å². The molecule has 2 aliphatic heterocycles. The van der Waals surface area contributed by atoms with Crippen molar-refractivity contribution in [3.63, 3.8) is 0 Å². The van der Waals surface area contributed by atoms with Crippen LogP contribution in [0.1, 0.15) is 92.6 Å². The highest BCUT2D eigenvalue weighted by Crippen LogP contribution is 2.70. The van der Waals surface area contributed by atoms with Gasteiger partial charge < -0.3 is 52.9 Å². The van der Waals surface area contributed by atoms with Crippen LogP contribution in [0.25, 0.3) is 0 Å². The first-order valence-corrected chi connectivity index (χ1v) is 19.2. The smallest absolute Gasteiger partial charge is 0.335 e. The number of furan rings is 1. The quantitative estimate of drug-likeness (QED) is 0.0854. The molecule has 16 heteroatoms. The van der Waals surface area contributed by atoms with E-state index in [-0.39, 0.29) is 30.6 Å². The molecular formula is C41H56O16. The lowest BCUT2D eigenvalue weighted by Crippen LogP contribution is -2.72. The zero-order valence-electron chi connectivity index (χ0n) is 34.0. The molecule has 2 aliphatic carbocycles. The van der Waals surface area contributed by atoms with Gasteiger partial charge in [-0.2, -0.15) is 0 Å². The Morgan fingerprint density at radius 2 is 1.77 bits per heavy atom. The molecule has 5 rings (SSSR count). The van der Waals surface area contributed by atoms with Crippen molar-refractivity contribution in [3.8, 4) is 0 Å². The summed E-state index contributed by atoms with van der Waals surface area (Å²) in [6.07, 6.45) is -4.07. The van der Waals surface area contributed by atoms with Crippen molar-refractivity contribution in [1.82, 2.24) is 0 Å². The number of allylic oxidation sites excluding steroid dienone is 1. The van der Waals surface area contributed by atoms with Gasteiger partial charge in [0.25, 0.3) is 12.4 Å². The molecule has 14 atom stereocenters. The number of ether oxygens (including phenoxy) is 7. The molecule has 57 heavy (non-hydrogen) atoms. The Morgan fingerprint density at radius 1 is 1.09 bits per heavy atom. The van der Waals surface area contributed by atoms with Crippen molar-refractivity contribution in [2.75, 3.05) is 13.7 Å². The number of aliphatic hydroxyl groups excluding tert-OH is 1. The highest BCUT2D eigenvalue weighted by atomic mass is 16.9. The molecule has 0 spiro atoms. The zero-order chi connectivity index (χ0) is 42.5. The number of aliphatic hydroxyl groups is 3. The van der Waals surface area contributed by atoms with Crippen LogP contribution >= 0.6 is 0 Å². The van der Waals surface area contributed by atoms with Crippen molar-refractivity contribution >= 4 is 30.3 Å². The second kappa shape index (κ2) is 15.9. The monoisotopic (exact) mass is 804 g/mol. The molecular weight excluding hydrogens is 748 g/mol. The Morgan fingerprint density at radius 3 is 2.33 bits per heavy atom. The first-order valence-electron chi connectivity index (χ1n) is 19.2. The summed E-state index contributed by atoms with van der Waals surface area (Å²) in [5.74, 6) is -9.75. The molecule has 0 radical (unpaired) electrons. The molecule has 4 fully saturated rings. The maximum absolute atomic E-state index is 14.1. The molecule has 1 aromatic heterocycles. The van der Waals surface area contributed by atoms with Crippen molar-refractivity contribution < 1.29 is 76.9 Å². The van der Waals surface area contributed by atoms with E-state index < -0.39 is 119 Å². The molecule has 4 aliphatic rings. The Balaban J connectivity index is 1.88. The number of carbonyl (C=O) groups excluding carboxylic acids is 5. The van der Waals surface area contributed by atoms with Crippen molar-refractivity contribution in [2.24, 2.45) is 28.6 Å². The molecule has 1 unspecified atom stereocenters. The Labute approximate surface area is 331 Å². The van der Waals surface area contributed by atoms with Crippen LogP contribution < -0.4 is 0 Å². The summed E-state index contributed by atoms with van der Waals surface area (Å²) in [5, 5.41) is 36.6. The van der Waals surface area contributed by atoms with Crippen molar-refractivity contribution in [3.05, 3.63) is 48.0 Å². The van der Waals surface area contributed by atoms with Gasteiger partial charge in [0, 0.05) is 35.7 Å². The molecule has 16 nitrogen and oxygen atoms in total. The van der Waals surface area contributed by atoms with Crippen LogP contribution in [0.2, 0.25) is 0 Å². The fourth-order valence-corrected chi connectivity index (χ4v) is 10.1. The average Bonchev–Trinajstić information content (AvgIpc) is 3.86. The lowest BCUT2D eigenvalue weighted by atomic mass is 9.46. The number of carbonyl (C=O) groups is 5. The lowest BCUT2D eigenvalue weighted by molar-refractivity contribution is -0.328. The van der Waals surface area contributed by atoms with Crippen LogP contribution in [0.15, 0.2) is 46.8 Å². The third-order valence-electron chi connectivity index (χ3n) is 13.6. The van der Waals surface area contributed by atoms with Gasteiger partial charge in [-0.1, -0.05) is 46.8 Å². The summed E-state index contributed by atoms with van der Waals surface area (Å²) < 4.78 is 46.9.